The SMILES string of the molecule is COc1ccccc1OCCNC[C@@H]1CO[C@@H](c2ccccc2)CO1. The molecule has 2 aromatic rings. The largest absolute Gasteiger partial charge is 0.493 e. The van der Waals surface area contributed by atoms with Crippen LogP contribution < -0.4 is 14.8 Å². The molecule has 5 heteroatoms. The zero-order chi connectivity index (χ0) is 17.3. The molecule has 0 saturated carbocycles. The molecule has 1 heterocycles. The molecule has 5 nitrogen and oxygen atoms in total. The molecule has 1 saturated heterocycles. The van der Waals surface area contributed by atoms with Crippen molar-refractivity contribution < 1.29 is 18.9 Å². The molecule has 134 valence electrons. The van der Waals surface area contributed by atoms with E-state index in [1.807, 2.05) is 42.5 Å². The summed E-state index contributed by atoms with van der Waals surface area (Å²) >= 11 is 0. The summed E-state index contributed by atoms with van der Waals surface area (Å²) in [5, 5.41) is 3.35. The van der Waals surface area contributed by atoms with Gasteiger partial charge in [-0.15, -0.1) is 0 Å². The van der Waals surface area contributed by atoms with Crippen molar-refractivity contribution in [1.29, 1.82) is 0 Å². The molecule has 0 aliphatic carbocycles. The zero-order valence-corrected chi connectivity index (χ0v) is 14.5. The maximum Gasteiger partial charge on any atom is 0.161 e. The Kier molecular flexibility index (Phi) is 6.68. The van der Waals surface area contributed by atoms with Crippen molar-refractivity contribution in [2.45, 2.75) is 12.2 Å². The Labute approximate surface area is 148 Å². The summed E-state index contributed by atoms with van der Waals surface area (Å²) in [6.45, 7) is 3.24. The second kappa shape index (κ2) is 9.42. The van der Waals surface area contributed by atoms with Gasteiger partial charge in [-0.05, 0) is 17.7 Å². The van der Waals surface area contributed by atoms with Gasteiger partial charge in [0.15, 0.2) is 11.5 Å². The Morgan fingerprint density at radius 3 is 2.44 bits per heavy atom. The number of hydrogen-bond donors (Lipinski definition) is 1. The molecule has 0 aromatic heterocycles. The molecule has 2 aromatic carbocycles. The summed E-state index contributed by atoms with van der Waals surface area (Å²) in [5.74, 6) is 1.51. The molecule has 0 spiro atoms. The first-order valence-corrected chi connectivity index (χ1v) is 8.61. The van der Waals surface area contributed by atoms with Crippen LogP contribution in [0.4, 0.5) is 0 Å². The summed E-state index contributed by atoms with van der Waals surface area (Å²) in [6, 6.07) is 17.8. The van der Waals surface area contributed by atoms with Crippen molar-refractivity contribution in [2.75, 3.05) is 40.0 Å². The van der Waals surface area contributed by atoms with Crippen molar-refractivity contribution in [3.05, 3.63) is 60.2 Å². The first kappa shape index (κ1) is 17.7. The van der Waals surface area contributed by atoms with Crippen LogP contribution in [0.15, 0.2) is 54.6 Å². The summed E-state index contributed by atoms with van der Waals surface area (Å²) in [7, 11) is 1.64. The first-order chi connectivity index (χ1) is 12.4. The average Bonchev–Trinajstić information content (AvgIpc) is 2.69. The second-order valence-corrected chi connectivity index (χ2v) is 5.89. The third kappa shape index (κ3) is 5.19. The van der Waals surface area contributed by atoms with E-state index in [1.54, 1.807) is 7.11 Å². The van der Waals surface area contributed by atoms with E-state index >= 15 is 0 Å². The van der Waals surface area contributed by atoms with Gasteiger partial charge >= 0.3 is 0 Å². The van der Waals surface area contributed by atoms with Crippen LogP contribution in [0.2, 0.25) is 0 Å². The van der Waals surface area contributed by atoms with E-state index in [-0.39, 0.29) is 12.2 Å². The van der Waals surface area contributed by atoms with Gasteiger partial charge in [-0.2, -0.15) is 0 Å². The molecule has 25 heavy (non-hydrogen) atoms. The molecule has 0 radical (unpaired) electrons. The Hall–Kier alpha value is -2.08. The molecule has 1 aliphatic heterocycles. The highest BCUT2D eigenvalue weighted by atomic mass is 16.6. The molecule has 1 aliphatic rings. The number of para-hydroxylation sites is 2. The lowest BCUT2D eigenvalue weighted by molar-refractivity contribution is -0.133. The number of methoxy groups -OCH3 is 1. The fraction of sp³-hybridized carbons (Fsp3) is 0.400. The van der Waals surface area contributed by atoms with Crippen LogP contribution >= 0.6 is 0 Å². The van der Waals surface area contributed by atoms with Crippen LogP contribution in [0.25, 0.3) is 0 Å². The third-order valence-corrected chi connectivity index (χ3v) is 4.12. The first-order valence-electron chi connectivity index (χ1n) is 8.61. The molecular formula is C20H25NO4. The van der Waals surface area contributed by atoms with Crippen molar-refractivity contribution in [3.8, 4) is 11.5 Å². The summed E-state index contributed by atoms with van der Waals surface area (Å²) < 4.78 is 22.8. The van der Waals surface area contributed by atoms with Crippen LogP contribution in [0.3, 0.4) is 0 Å². The quantitative estimate of drug-likeness (QED) is 0.747. The average molecular weight is 343 g/mol. The van der Waals surface area contributed by atoms with Gasteiger partial charge in [-0.25, -0.2) is 0 Å². The van der Waals surface area contributed by atoms with Crippen LogP contribution in [-0.4, -0.2) is 46.1 Å². The highest BCUT2D eigenvalue weighted by Crippen LogP contribution is 2.25. The van der Waals surface area contributed by atoms with Crippen molar-refractivity contribution in [3.63, 3.8) is 0 Å². The van der Waals surface area contributed by atoms with E-state index in [4.69, 9.17) is 18.9 Å². The minimum Gasteiger partial charge on any atom is -0.493 e. The third-order valence-electron chi connectivity index (χ3n) is 4.12. The maximum atomic E-state index is 5.92. The molecule has 0 amide bonds. The van der Waals surface area contributed by atoms with E-state index in [1.165, 1.54) is 5.56 Å². The van der Waals surface area contributed by atoms with Gasteiger partial charge in [-0.3, -0.25) is 0 Å². The maximum absolute atomic E-state index is 5.92. The van der Waals surface area contributed by atoms with Crippen LogP contribution in [-0.2, 0) is 9.47 Å². The van der Waals surface area contributed by atoms with Gasteiger partial charge in [0, 0.05) is 13.1 Å². The number of nitrogens with one attached hydrogen (secondary N) is 1. The Morgan fingerprint density at radius 2 is 1.72 bits per heavy atom. The Balaban J connectivity index is 1.31. The summed E-state index contributed by atoms with van der Waals surface area (Å²) in [4.78, 5) is 0. The highest BCUT2D eigenvalue weighted by molar-refractivity contribution is 5.39. The van der Waals surface area contributed by atoms with Gasteiger partial charge in [0.2, 0.25) is 0 Å². The smallest absolute Gasteiger partial charge is 0.161 e. The van der Waals surface area contributed by atoms with Gasteiger partial charge in [0.25, 0.3) is 0 Å². The minimum atomic E-state index is 0.0336. The summed E-state index contributed by atoms with van der Waals surface area (Å²) in [5.41, 5.74) is 1.17. The lowest BCUT2D eigenvalue weighted by Crippen LogP contribution is -2.39. The van der Waals surface area contributed by atoms with Gasteiger partial charge < -0.3 is 24.3 Å². The molecule has 3 rings (SSSR count). The van der Waals surface area contributed by atoms with E-state index < -0.39 is 0 Å². The monoisotopic (exact) mass is 343 g/mol. The molecule has 1 N–H and O–H groups in total. The fourth-order valence-corrected chi connectivity index (χ4v) is 2.76. The lowest BCUT2D eigenvalue weighted by Gasteiger charge is -2.30. The molecule has 0 unspecified atom stereocenters. The highest BCUT2D eigenvalue weighted by Gasteiger charge is 2.22. The molecule has 0 bridgehead atoms. The standard InChI is InChI=1S/C20H25NO4/c1-22-18-9-5-6-10-19(18)23-12-11-21-13-17-14-25-20(15-24-17)16-7-3-2-4-8-16/h2-10,17,20-21H,11-15H2,1H3/t17-,20-/m1/s1. The number of benzene rings is 2. The van der Waals surface area contributed by atoms with E-state index in [0.29, 0.717) is 19.8 Å². The van der Waals surface area contributed by atoms with Gasteiger partial charge in [0.1, 0.15) is 12.7 Å². The van der Waals surface area contributed by atoms with E-state index in [9.17, 15) is 0 Å². The van der Waals surface area contributed by atoms with Crippen molar-refractivity contribution in [2.24, 2.45) is 0 Å². The Morgan fingerprint density at radius 1 is 0.960 bits per heavy atom. The normalized spacial score (nSPS) is 20.2. The molecule has 2 atom stereocenters. The van der Waals surface area contributed by atoms with Gasteiger partial charge in [-0.1, -0.05) is 42.5 Å². The second-order valence-electron chi connectivity index (χ2n) is 5.89. The minimum absolute atomic E-state index is 0.0336. The van der Waals surface area contributed by atoms with Crippen LogP contribution in [0, 0.1) is 0 Å². The van der Waals surface area contributed by atoms with Crippen LogP contribution in [0.1, 0.15) is 11.7 Å². The molecular weight excluding hydrogens is 318 g/mol. The number of rotatable bonds is 8. The lowest BCUT2D eigenvalue weighted by atomic mass is 10.1. The number of ether oxygens (including phenoxy) is 4. The predicted molar refractivity (Wildman–Crippen MR) is 96.2 cm³/mol. The fourth-order valence-electron chi connectivity index (χ4n) is 2.76. The molecule has 1 fully saturated rings. The van der Waals surface area contributed by atoms with Crippen molar-refractivity contribution >= 4 is 0 Å². The van der Waals surface area contributed by atoms with Gasteiger partial charge in [0.05, 0.1) is 26.4 Å². The zero-order valence-electron chi connectivity index (χ0n) is 14.5. The summed E-state index contributed by atoms with van der Waals surface area (Å²) in [6.07, 6.45) is 0.109. The van der Waals surface area contributed by atoms with E-state index in [2.05, 4.69) is 17.4 Å². The Bertz CT molecular complexity index is 627. The predicted octanol–water partition coefficient (Wildman–Crippen LogP) is 2.82. The number of hydrogen-bond acceptors (Lipinski definition) is 5. The van der Waals surface area contributed by atoms with E-state index in [0.717, 1.165) is 24.6 Å². The van der Waals surface area contributed by atoms with Crippen molar-refractivity contribution in [1.82, 2.24) is 5.32 Å². The topological polar surface area (TPSA) is 49.0 Å². The van der Waals surface area contributed by atoms with Crippen LogP contribution in [0.5, 0.6) is 11.5 Å².